The van der Waals surface area contributed by atoms with Gasteiger partial charge in [-0.2, -0.15) is 4.31 Å². The van der Waals surface area contributed by atoms with Crippen molar-refractivity contribution in [3.63, 3.8) is 0 Å². The van der Waals surface area contributed by atoms with E-state index in [2.05, 4.69) is 5.32 Å². The van der Waals surface area contributed by atoms with Crippen LogP contribution in [0, 0.1) is 11.7 Å². The van der Waals surface area contributed by atoms with Crippen molar-refractivity contribution in [2.24, 2.45) is 5.92 Å². The number of likely N-dealkylation sites (N-methyl/N-ethyl adjacent to an activating group) is 1. The molecule has 1 N–H and O–H groups in total. The van der Waals surface area contributed by atoms with Gasteiger partial charge in [-0.3, -0.25) is 9.59 Å². The number of nitrogens with zero attached hydrogens (tertiary/aromatic N) is 2. The first kappa shape index (κ1) is 25.8. The third-order valence-electron chi connectivity index (χ3n) is 5.66. The van der Waals surface area contributed by atoms with Crippen LogP contribution in [0.2, 0.25) is 0 Å². The highest BCUT2D eigenvalue weighted by Crippen LogP contribution is 2.19. The minimum absolute atomic E-state index is 0.00569. The van der Waals surface area contributed by atoms with Gasteiger partial charge in [-0.25, -0.2) is 12.8 Å². The van der Waals surface area contributed by atoms with Gasteiger partial charge in [0.2, 0.25) is 15.9 Å². The number of sulfonamides is 1. The van der Waals surface area contributed by atoms with Crippen LogP contribution in [0.5, 0.6) is 0 Å². The summed E-state index contributed by atoms with van der Waals surface area (Å²) in [6.45, 7) is 4.76. The molecule has 0 spiro atoms. The molecule has 8 nitrogen and oxygen atoms in total. The van der Waals surface area contributed by atoms with Crippen molar-refractivity contribution in [1.82, 2.24) is 14.5 Å². The molecule has 1 fully saturated rings. The number of carbonyl (C=O) groups excluding carboxylic acids is 2. The summed E-state index contributed by atoms with van der Waals surface area (Å²) in [6, 6.07) is 11.1. The Labute approximate surface area is 199 Å². The predicted octanol–water partition coefficient (Wildman–Crippen LogP) is 2.26. The molecule has 3 rings (SSSR count). The maximum Gasteiger partial charge on any atom is 0.251 e. The second kappa shape index (κ2) is 11.1. The molecular weight excluding hydrogens is 461 g/mol. The van der Waals surface area contributed by atoms with Crippen molar-refractivity contribution in [2.75, 3.05) is 33.4 Å². The van der Waals surface area contributed by atoms with E-state index < -0.39 is 27.8 Å². The number of ether oxygens (including phenoxy) is 1. The molecule has 2 aromatic carbocycles. The van der Waals surface area contributed by atoms with Crippen LogP contribution >= 0.6 is 0 Å². The summed E-state index contributed by atoms with van der Waals surface area (Å²) >= 11 is 0. The lowest BCUT2D eigenvalue weighted by atomic mass is 10.0. The zero-order chi connectivity index (χ0) is 24.9. The molecule has 0 radical (unpaired) electrons. The van der Waals surface area contributed by atoms with Gasteiger partial charge in [-0.1, -0.05) is 38.1 Å². The second-order valence-corrected chi connectivity index (χ2v) is 10.5. The molecule has 2 aromatic rings. The minimum atomic E-state index is -3.77. The first-order valence-electron chi connectivity index (χ1n) is 11.1. The van der Waals surface area contributed by atoms with Gasteiger partial charge in [0.1, 0.15) is 11.9 Å². The van der Waals surface area contributed by atoms with Gasteiger partial charge in [-0.05, 0) is 30.2 Å². The largest absolute Gasteiger partial charge is 0.379 e. The van der Waals surface area contributed by atoms with Crippen molar-refractivity contribution in [3.8, 4) is 0 Å². The number of hydrogen-bond acceptors (Lipinski definition) is 5. The summed E-state index contributed by atoms with van der Waals surface area (Å²) in [5, 5.41) is 2.72. The van der Waals surface area contributed by atoms with Crippen LogP contribution in [-0.2, 0) is 26.1 Å². The Morgan fingerprint density at radius 2 is 1.79 bits per heavy atom. The number of hydrogen-bond donors (Lipinski definition) is 1. The molecular formula is C24H30FN3O5S. The molecule has 0 aromatic heterocycles. The molecule has 184 valence electrons. The standard InChI is InChI=1S/C24H30FN3O5S/c1-17(2)22(24(30)27(3)16-19-7-4-5-10-21(19)25)26-23(29)18-8-6-9-20(15-18)34(31,32)28-11-13-33-14-12-28/h4-10,15,17,22H,11-14,16H2,1-3H3,(H,26,29)/t22-/m0/s1. The van der Waals surface area contributed by atoms with E-state index >= 15 is 0 Å². The first-order chi connectivity index (χ1) is 16.1. The van der Waals surface area contributed by atoms with E-state index in [1.165, 1.54) is 39.5 Å². The number of morpholine rings is 1. The summed E-state index contributed by atoms with van der Waals surface area (Å²) in [4.78, 5) is 27.4. The molecule has 0 unspecified atom stereocenters. The molecule has 1 saturated heterocycles. The van der Waals surface area contributed by atoms with E-state index in [0.717, 1.165) is 0 Å². The maximum atomic E-state index is 14.0. The number of benzene rings is 2. The van der Waals surface area contributed by atoms with Crippen molar-refractivity contribution < 1.29 is 27.1 Å². The van der Waals surface area contributed by atoms with Crippen LogP contribution in [0.1, 0.15) is 29.8 Å². The number of amides is 2. The molecule has 34 heavy (non-hydrogen) atoms. The van der Waals surface area contributed by atoms with Crippen LogP contribution in [0.3, 0.4) is 0 Å². The van der Waals surface area contributed by atoms with Crippen LogP contribution in [0.4, 0.5) is 4.39 Å². The highest BCUT2D eigenvalue weighted by Gasteiger charge is 2.30. The van der Waals surface area contributed by atoms with Crippen molar-refractivity contribution in [2.45, 2.75) is 31.3 Å². The van der Waals surface area contributed by atoms with Gasteiger partial charge in [0, 0.05) is 37.8 Å². The van der Waals surface area contributed by atoms with Gasteiger partial charge >= 0.3 is 0 Å². The van der Waals surface area contributed by atoms with E-state index in [9.17, 15) is 22.4 Å². The number of halogens is 1. The molecule has 2 amide bonds. The quantitative estimate of drug-likeness (QED) is 0.611. The number of rotatable bonds is 8. The molecule has 0 aliphatic carbocycles. The summed E-state index contributed by atoms with van der Waals surface area (Å²) < 4.78 is 46.4. The zero-order valence-electron chi connectivity index (χ0n) is 19.5. The Hall–Kier alpha value is -2.82. The SMILES string of the molecule is CC(C)[C@H](NC(=O)c1cccc(S(=O)(=O)N2CCOCC2)c1)C(=O)N(C)Cc1ccccc1F. The van der Waals surface area contributed by atoms with Gasteiger partial charge < -0.3 is 15.0 Å². The van der Waals surface area contributed by atoms with Crippen molar-refractivity contribution in [3.05, 3.63) is 65.5 Å². The molecule has 0 saturated carbocycles. The average Bonchev–Trinajstić information content (AvgIpc) is 2.83. The second-order valence-electron chi connectivity index (χ2n) is 8.53. The Morgan fingerprint density at radius 3 is 2.44 bits per heavy atom. The van der Waals surface area contributed by atoms with E-state index in [-0.39, 0.29) is 41.9 Å². The smallest absolute Gasteiger partial charge is 0.251 e. The van der Waals surface area contributed by atoms with Crippen LogP contribution in [0.25, 0.3) is 0 Å². The summed E-state index contributed by atoms with van der Waals surface area (Å²) in [5.74, 6) is -1.60. The minimum Gasteiger partial charge on any atom is -0.379 e. The fourth-order valence-electron chi connectivity index (χ4n) is 3.67. The molecule has 1 atom stereocenters. The lowest BCUT2D eigenvalue weighted by Gasteiger charge is -2.27. The first-order valence-corrected chi connectivity index (χ1v) is 12.5. The normalized spacial score (nSPS) is 15.7. The lowest BCUT2D eigenvalue weighted by Crippen LogP contribution is -2.50. The third-order valence-corrected chi connectivity index (χ3v) is 7.56. The summed E-state index contributed by atoms with van der Waals surface area (Å²) in [7, 11) is -2.22. The molecule has 10 heteroatoms. The van der Waals surface area contributed by atoms with E-state index in [4.69, 9.17) is 4.74 Å². The van der Waals surface area contributed by atoms with Crippen molar-refractivity contribution >= 4 is 21.8 Å². The Morgan fingerprint density at radius 1 is 1.12 bits per heavy atom. The highest BCUT2D eigenvalue weighted by molar-refractivity contribution is 7.89. The predicted molar refractivity (Wildman–Crippen MR) is 125 cm³/mol. The Kier molecular flexibility index (Phi) is 8.40. The molecule has 0 bridgehead atoms. The van der Waals surface area contributed by atoms with Gasteiger partial charge in [0.05, 0.1) is 18.1 Å². The lowest BCUT2D eigenvalue weighted by molar-refractivity contribution is -0.133. The molecule has 1 heterocycles. The molecule has 1 aliphatic heterocycles. The van der Waals surface area contributed by atoms with E-state index in [0.29, 0.717) is 18.8 Å². The van der Waals surface area contributed by atoms with Crippen LogP contribution < -0.4 is 5.32 Å². The number of carbonyl (C=O) groups is 2. The Bertz CT molecular complexity index is 1130. The topological polar surface area (TPSA) is 96.0 Å². The zero-order valence-corrected chi connectivity index (χ0v) is 20.3. The fraction of sp³-hybridized carbons (Fsp3) is 0.417. The summed E-state index contributed by atoms with van der Waals surface area (Å²) in [6.07, 6.45) is 0. The Balaban J connectivity index is 1.75. The van der Waals surface area contributed by atoms with Crippen LogP contribution in [0.15, 0.2) is 53.4 Å². The van der Waals surface area contributed by atoms with Gasteiger partial charge in [0.15, 0.2) is 0 Å². The number of nitrogens with one attached hydrogen (secondary N) is 1. The monoisotopic (exact) mass is 491 g/mol. The third kappa shape index (κ3) is 5.99. The van der Waals surface area contributed by atoms with E-state index in [1.54, 1.807) is 39.1 Å². The maximum absolute atomic E-state index is 14.0. The fourth-order valence-corrected chi connectivity index (χ4v) is 5.12. The summed E-state index contributed by atoms with van der Waals surface area (Å²) in [5.41, 5.74) is 0.498. The van der Waals surface area contributed by atoms with E-state index in [1.807, 2.05) is 0 Å². The average molecular weight is 492 g/mol. The highest BCUT2D eigenvalue weighted by atomic mass is 32.2. The van der Waals surface area contributed by atoms with Gasteiger partial charge in [-0.15, -0.1) is 0 Å². The molecule has 1 aliphatic rings. The van der Waals surface area contributed by atoms with Crippen LogP contribution in [-0.4, -0.2) is 68.8 Å². The van der Waals surface area contributed by atoms with Gasteiger partial charge in [0.25, 0.3) is 5.91 Å². The van der Waals surface area contributed by atoms with Crippen molar-refractivity contribution in [1.29, 1.82) is 0 Å².